The normalized spacial score (nSPS) is 12.8. The van der Waals surface area contributed by atoms with Crippen LogP contribution in [0.4, 0.5) is 11.6 Å². The highest BCUT2D eigenvalue weighted by Gasteiger charge is 2.07. The van der Waals surface area contributed by atoms with Gasteiger partial charge in [-0.1, -0.05) is 0 Å². The van der Waals surface area contributed by atoms with Gasteiger partial charge in [-0.2, -0.15) is 0 Å². The number of aryl methyl sites for hydroxylation is 2. The van der Waals surface area contributed by atoms with Crippen LogP contribution >= 0.6 is 8.25 Å². The van der Waals surface area contributed by atoms with Gasteiger partial charge >= 0.3 is 8.25 Å². The molecule has 0 radical (unpaired) electrons. The first kappa shape index (κ1) is 23.2. The number of hydrogen-bond donors (Lipinski definition) is 2. The van der Waals surface area contributed by atoms with E-state index in [1.165, 1.54) is 25.2 Å². The van der Waals surface area contributed by atoms with Crippen molar-refractivity contribution in [1.82, 2.24) is 39.0 Å². The quantitative estimate of drug-likeness (QED) is 0.172. The van der Waals surface area contributed by atoms with E-state index >= 15 is 0 Å². The van der Waals surface area contributed by atoms with Crippen LogP contribution in [0.3, 0.4) is 0 Å². The van der Waals surface area contributed by atoms with Gasteiger partial charge < -0.3 is 29.6 Å². The highest BCUT2D eigenvalue weighted by molar-refractivity contribution is 7.33. The molecule has 4 aromatic rings. The Morgan fingerprint density at radius 1 is 0.765 bits per heavy atom. The average Bonchev–Trinajstić information content (AvgIpc) is 3.44. The minimum absolute atomic E-state index is 0.365. The fourth-order valence-corrected chi connectivity index (χ4v) is 3.73. The van der Waals surface area contributed by atoms with E-state index in [-0.39, 0.29) is 0 Å². The van der Waals surface area contributed by atoms with E-state index in [1.54, 1.807) is 24.8 Å². The minimum atomic E-state index is -2.63. The number of anilines is 2. The molecule has 0 fully saturated rings. The summed E-state index contributed by atoms with van der Waals surface area (Å²) in [5.74, 6) is 0.729. The van der Waals surface area contributed by atoms with Gasteiger partial charge in [-0.05, 0) is 37.8 Å². The Morgan fingerprint density at radius 2 is 1.24 bits per heavy atom. The second-order valence-electron chi connectivity index (χ2n) is 7.25. The molecule has 0 bridgehead atoms. The van der Waals surface area contributed by atoms with Gasteiger partial charge in [0.1, 0.15) is 23.7 Å². The summed E-state index contributed by atoms with van der Waals surface area (Å²) in [6.45, 7) is 1.42. The Hall–Kier alpha value is -3.99. The number of aromatic nitrogens is 8. The Morgan fingerprint density at radius 3 is 1.71 bits per heavy atom. The lowest BCUT2D eigenvalue weighted by molar-refractivity contribution is 0.354. The molecule has 0 saturated heterocycles. The van der Waals surface area contributed by atoms with Crippen molar-refractivity contribution >= 4 is 42.2 Å². The molecule has 0 aliphatic heterocycles. The zero-order valence-electron chi connectivity index (χ0n) is 18.3. The first-order valence-corrected chi connectivity index (χ1v) is 11.9. The molecule has 13 nitrogen and oxygen atoms in total. The second kappa shape index (κ2) is 11.2. The standard InChI is InChI=1S/C20H25N10O3P/c21-17-15-19(25-11-23-17)29(13-27-15)7-3-1-5-9-32-34(31)33-10-6-2-4-8-30-14-28-16-18(22)24-12-26-20(16)30/h5-6,9-14,34H,1-4,7-8H2,(H2,21,23,25)(H2,22,24,26). The summed E-state index contributed by atoms with van der Waals surface area (Å²) >= 11 is 0. The molecule has 4 rings (SSSR count). The number of unbranched alkanes of at least 4 members (excludes halogenated alkanes) is 2. The van der Waals surface area contributed by atoms with Crippen molar-refractivity contribution in [3.8, 4) is 0 Å². The molecule has 4 N–H and O–H groups in total. The molecule has 0 unspecified atom stereocenters. The molecule has 0 aliphatic carbocycles. The number of rotatable bonds is 12. The number of fused-ring (bicyclic) bond motifs is 2. The second-order valence-corrected chi connectivity index (χ2v) is 8.22. The number of imidazole rings is 2. The van der Waals surface area contributed by atoms with Crippen LogP contribution in [0.2, 0.25) is 0 Å². The predicted molar refractivity (Wildman–Crippen MR) is 127 cm³/mol. The number of nitrogens with two attached hydrogens (primary N) is 2. The summed E-state index contributed by atoms with van der Waals surface area (Å²) in [4.78, 5) is 24.7. The van der Waals surface area contributed by atoms with E-state index in [9.17, 15) is 4.57 Å². The van der Waals surface area contributed by atoms with Crippen LogP contribution in [0, 0.1) is 0 Å². The maximum atomic E-state index is 11.8. The van der Waals surface area contributed by atoms with E-state index in [1.807, 2.05) is 9.13 Å². The van der Waals surface area contributed by atoms with Crippen molar-refractivity contribution in [2.75, 3.05) is 11.5 Å². The van der Waals surface area contributed by atoms with Crippen LogP contribution in [0.15, 0.2) is 50.0 Å². The highest BCUT2D eigenvalue weighted by atomic mass is 31.1. The molecule has 178 valence electrons. The Labute approximate surface area is 195 Å². The van der Waals surface area contributed by atoms with Gasteiger partial charge in [0.25, 0.3) is 0 Å². The molecule has 4 aromatic heterocycles. The summed E-state index contributed by atoms with van der Waals surface area (Å²) < 4.78 is 25.8. The SMILES string of the molecule is Nc1ncnc2c1ncn2CCCC=CO[PH](=O)OC=CCCCn1cnc2c(N)ncnc21. The third-order valence-corrected chi connectivity index (χ3v) is 5.58. The van der Waals surface area contributed by atoms with Crippen LogP contribution < -0.4 is 11.5 Å². The lowest BCUT2D eigenvalue weighted by Crippen LogP contribution is -1.99. The van der Waals surface area contributed by atoms with Crippen LogP contribution in [-0.4, -0.2) is 39.0 Å². The molecule has 0 aliphatic rings. The van der Waals surface area contributed by atoms with Crippen LogP contribution in [0.25, 0.3) is 22.3 Å². The minimum Gasteiger partial charge on any atom is -0.426 e. The Bertz CT molecular complexity index is 1230. The summed E-state index contributed by atoms with van der Waals surface area (Å²) in [6, 6.07) is 0. The molecule has 34 heavy (non-hydrogen) atoms. The number of nitrogen functional groups attached to an aromatic ring is 2. The van der Waals surface area contributed by atoms with Gasteiger partial charge in [-0.25, -0.2) is 34.5 Å². The van der Waals surface area contributed by atoms with Gasteiger partial charge in [0.2, 0.25) is 0 Å². The summed E-state index contributed by atoms with van der Waals surface area (Å²) in [6.07, 6.45) is 15.7. The maximum Gasteiger partial charge on any atom is 0.417 e. The van der Waals surface area contributed by atoms with Crippen molar-refractivity contribution in [2.24, 2.45) is 0 Å². The lowest BCUT2D eigenvalue weighted by atomic mass is 10.3. The molecule has 0 atom stereocenters. The smallest absolute Gasteiger partial charge is 0.417 e. The topological polar surface area (TPSA) is 175 Å². The van der Waals surface area contributed by atoms with E-state index in [2.05, 4.69) is 29.9 Å². The molecule has 0 aromatic carbocycles. The van der Waals surface area contributed by atoms with Crippen LogP contribution in [0.1, 0.15) is 25.7 Å². The predicted octanol–water partition coefficient (Wildman–Crippen LogP) is 2.84. The van der Waals surface area contributed by atoms with E-state index in [0.29, 0.717) is 47.1 Å². The third kappa shape index (κ3) is 5.67. The molecule has 4 heterocycles. The first-order valence-electron chi connectivity index (χ1n) is 10.6. The third-order valence-electron chi connectivity index (χ3n) is 4.92. The molecule has 0 spiro atoms. The monoisotopic (exact) mass is 484 g/mol. The molecular formula is C20H25N10O3P. The van der Waals surface area contributed by atoms with Gasteiger partial charge in [0.15, 0.2) is 22.9 Å². The molecule has 0 saturated carbocycles. The fourth-order valence-electron chi connectivity index (χ4n) is 3.25. The lowest BCUT2D eigenvalue weighted by Gasteiger charge is -2.03. The van der Waals surface area contributed by atoms with Gasteiger partial charge in [-0.15, -0.1) is 0 Å². The van der Waals surface area contributed by atoms with Gasteiger partial charge in [0, 0.05) is 13.1 Å². The van der Waals surface area contributed by atoms with E-state index in [0.717, 1.165) is 25.7 Å². The molecule has 0 amide bonds. The number of nitrogens with zero attached hydrogens (tertiary/aromatic N) is 8. The van der Waals surface area contributed by atoms with Gasteiger partial charge in [0.05, 0.1) is 25.2 Å². The summed E-state index contributed by atoms with van der Waals surface area (Å²) in [7, 11) is -2.63. The van der Waals surface area contributed by atoms with E-state index in [4.69, 9.17) is 20.5 Å². The average molecular weight is 484 g/mol. The summed E-state index contributed by atoms with van der Waals surface area (Å²) in [5.41, 5.74) is 14.2. The highest BCUT2D eigenvalue weighted by Crippen LogP contribution is 2.24. The van der Waals surface area contributed by atoms with E-state index < -0.39 is 8.25 Å². The Balaban J connectivity index is 1.09. The van der Waals surface area contributed by atoms with Crippen molar-refractivity contribution in [1.29, 1.82) is 0 Å². The zero-order chi connectivity index (χ0) is 23.8. The summed E-state index contributed by atoms with van der Waals surface area (Å²) in [5, 5.41) is 0. The van der Waals surface area contributed by atoms with Crippen LogP contribution in [-0.2, 0) is 26.7 Å². The zero-order valence-corrected chi connectivity index (χ0v) is 19.3. The van der Waals surface area contributed by atoms with Crippen LogP contribution in [0.5, 0.6) is 0 Å². The van der Waals surface area contributed by atoms with Gasteiger partial charge in [-0.3, -0.25) is 0 Å². The van der Waals surface area contributed by atoms with Crippen molar-refractivity contribution < 1.29 is 13.6 Å². The maximum absolute atomic E-state index is 11.8. The molecular weight excluding hydrogens is 459 g/mol. The van der Waals surface area contributed by atoms with Crippen molar-refractivity contribution in [2.45, 2.75) is 38.8 Å². The molecule has 14 heteroatoms. The van der Waals surface area contributed by atoms with Crippen molar-refractivity contribution in [3.05, 3.63) is 50.0 Å². The Kier molecular flexibility index (Phi) is 7.66. The number of allylic oxidation sites excluding steroid dienone is 2. The first-order chi connectivity index (χ1) is 16.6. The fraction of sp³-hybridized carbons (Fsp3) is 0.300. The van der Waals surface area contributed by atoms with Crippen molar-refractivity contribution in [3.63, 3.8) is 0 Å². The largest absolute Gasteiger partial charge is 0.426 e. The number of hydrogen-bond acceptors (Lipinski definition) is 11.